The summed E-state index contributed by atoms with van der Waals surface area (Å²) in [5, 5.41) is 4.74. The number of aryl methyl sites for hydroxylation is 1. The van der Waals surface area contributed by atoms with Crippen molar-refractivity contribution in [3.63, 3.8) is 0 Å². The minimum atomic E-state index is 0.0944. The molecule has 0 bridgehead atoms. The molecule has 2 rings (SSSR count). The van der Waals surface area contributed by atoms with Crippen LogP contribution in [0, 0.1) is 0 Å². The molecule has 0 fully saturated rings. The fraction of sp³-hybridized carbons (Fsp3) is 0.474. The third-order valence-electron chi connectivity index (χ3n) is 4.44. The molecule has 1 aromatic heterocycles. The van der Waals surface area contributed by atoms with E-state index in [0.717, 1.165) is 29.1 Å². The van der Waals surface area contributed by atoms with Crippen molar-refractivity contribution in [1.29, 1.82) is 0 Å². The highest BCUT2D eigenvalue weighted by Gasteiger charge is 2.24. The zero-order valence-corrected chi connectivity index (χ0v) is 15.6. The maximum atomic E-state index is 12.2. The number of hydrogen-bond donors (Lipinski definition) is 0. The summed E-state index contributed by atoms with van der Waals surface area (Å²) in [6, 6.07) is 10.3. The molecule has 5 nitrogen and oxygen atoms in total. The van der Waals surface area contributed by atoms with Crippen LogP contribution in [0.1, 0.15) is 32.8 Å². The van der Waals surface area contributed by atoms with Crippen molar-refractivity contribution in [1.82, 2.24) is 14.7 Å². The molecule has 2 aromatic rings. The fourth-order valence-corrected chi connectivity index (χ4v) is 3.06. The van der Waals surface area contributed by atoms with Gasteiger partial charge in [0.15, 0.2) is 0 Å². The van der Waals surface area contributed by atoms with Crippen LogP contribution in [-0.4, -0.2) is 40.7 Å². The van der Waals surface area contributed by atoms with Crippen LogP contribution < -0.4 is 4.90 Å². The number of carbonyl (C=O) groups is 1. The molecule has 0 aliphatic carbocycles. The van der Waals surface area contributed by atoms with E-state index in [2.05, 4.69) is 30.9 Å². The molecule has 0 saturated heterocycles. The van der Waals surface area contributed by atoms with Gasteiger partial charge in [0.2, 0.25) is 5.91 Å². The van der Waals surface area contributed by atoms with E-state index >= 15 is 0 Å². The summed E-state index contributed by atoms with van der Waals surface area (Å²) < 4.78 is 1.90. The van der Waals surface area contributed by atoms with Gasteiger partial charge in [0, 0.05) is 45.2 Å². The van der Waals surface area contributed by atoms with Gasteiger partial charge in [-0.15, -0.1) is 0 Å². The van der Waals surface area contributed by atoms with Crippen LogP contribution in [0.3, 0.4) is 0 Å². The summed E-state index contributed by atoms with van der Waals surface area (Å²) >= 11 is 0. The van der Waals surface area contributed by atoms with E-state index in [-0.39, 0.29) is 11.9 Å². The lowest BCUT2D eigenvalue weighted by molar-refractivity contribution is -0.131. The van der Waals surface area contributed by atoms with Gasteiger partial charge in [0.25, 0.3) is 0 Å². The Balaban J connectivity index is 2.55. The first kappa shape index (κ1) is 18.0. The van der Waals surface area contributed by atoms with Gasteiger partial charge in [-0.05, 0) is 13.3 Å². The quantitative estimate of drug-likeness (QED) is 0.817. The van der Waals surface area contributed by atoms with Crippen molar-refractivity contribution in [2.75, 3.05) is 19.0 Å². The van der Waals surface area contributed by atoms with Crippen LogP contribution in [-0.2, 0) is 18.4 Å². The maximum absolute atomic E-state index is 12.2. The number of benzene rings is 1. The Hall–Kier alpha value is -2.30. The molecule has 1 unspecified atom stereocenters. The van der Waals surface area contributed by atoms with Crippen LogP contribution >= 0.6 is 0 Å². The molecule has 0 aliphatic rings. The summed E-state index contributed by atoms with van der Waals surface area (Å²) in [7, 11) is 5.97. The third-order valence-corrected chi connectivity index (χ3v) is 4.44. The molecule has 0 radical (unpaired) electrons. The minimum Gasteiger partial charge on any atom is -0.363 e. The SMILES string of the molecule is CCC(C)N(Cc1c(-c2ccccc2)nn(C)c1N(C)C)C(C)=O. The average Bonchev–Trinajstić information content (AvgIpc) is 2.88. The maximum Gasteiger partial charge on any atom is 0.219 e. The van der Waals surface area contributed by atoms with E-state index in [1.807, 2.05) is 48.9 Å². The summed E-state index contributed by atoms with van der Waals surface area (Å²) in [4.78, 5) is 16.2. The highest BCUT2D eigenvalue weighted by atomic mass is 16.2. The van der Waals surface area contributed by atoms with E-state index in [1.54, 1.807) is 6.92 Å². The minimum absolute atomic E-state index is 0.0944. The van der Waals surface area contributed by atoms with Gasteiger partial charge in [0.05, 0.1) is 12.2 Å². The molecule has 0 aliphatic heterocycles. The molecule has 0 N–H and O–H groups in total. The van der Waals surface area contributed by atoms with Crippen molar-refractivity contribution >= 4 is 11.7 Å². The number of aromatic nitrogens is 2. The molecular formula is C19H28N4O. The zero-order valence-electron chi connectivity index (χ0n) is 15.6. The second-order valence-corrected chi connectivity index (χ2v) is 6.44. The number of rotatable bonds is 6. The average molecular weight is 328 g/mol. The number of anilines is 1. The molecule has 1 aromatic carbocycles. The number of nitrogens with zero attached hydrogens (tertiary/aromatic N) is 4. The Kier molecular flexibility index (Phi) is 5.65. The van der Waals surface area contributed by atoms with Gasteiger partial charge in [-0.25, -0.2) is 0 Å². The molecular weight excluding hydrogens is 300 g/mol. The van der Waals surface area contributed by atoms with Crippen molar-refractivity contribution < 1.29 is 4.79 Å². The zero-order chi connectivity index (χ0) is 17.9. The lowest BCUT2D eigenvalue weighted by Crippen LogP contribution is -2.36. The summed E-state index contributed by atoms with van der Waals surface area (Å²) in [5.74, 6) is 1.13. The van der Waals surface area contributed by atoms with Gasteiger partial charge in [-0.1, -0.05) is 37.3 Å². The highest BCUT2D eigenvalue weighted by Crippen LogP contribution is 2.31. The van der Waals surface area contributed by atoms with Gasteiger partial charge in [-0.3, -0.25) is 9.48 Å². The normalized spacial score (nSPS) is 12.1. The Morgan fingerprint density at radius 1 is 1.25 bits per heavy atom. The van der Waals surface area contributed by atoms with Crippen LogP contribution in [0.4, 0.5) is 5.82 Å². The number of amides is 1. The van der Waals surface area contributed by atoms with Gasteiger partial charge in [-0.2, -0.15) is 5.10 Å². The van der Waals surface area contributed by atoms with Gasteiger partial charge < -0.3 is 9.80 Å². The lowest BCUT2D eigenvalue weighted by atomic mass is 10.1. The van der Waals surface area contributed by atoms with Crippen molar-refractivity contribution in [3.8, 4) is 11.3 Å². The number of hydrogen-bond acceptors (Lipinski definition) is 3. The van der Waals surface area contributed by atoms with Crippen molar-refractivity contribution in [3.05, 3.63) is 35.9 Å². The van der Waals surface area contributed by atoms with Gasteiger partial charge in [0.1, 0.15) is 5.82 Å². The van der Waals surface area contributed by atoms with E-state index in [9.17, 15) is 4.79 Å². The van der Waals surface area contributed by atoms with E-state index in [4.69, 9.17) is 5.10 Å². The smallest absolute Gasteiger partial charge is 0.219 e. The first-order chi connectivity index (χ1) is 11.4. The standard InChI is InChI=1S/C19H28N4O/c1-7-14(2)23(15(3)24)13-17-18(16-11-9-8-10-12-16)20-22(6)19(17)21(4)5/h8-12,14H,7,13H2,1-6H3. The molecule has 0 saturated carbocycles. The first-order valence-electron chi connectivity index (χ1n) is 8.42. The van der Waals surface area contributed by atoms with Gasteiger partial charge >= 0.3 is 0 Å². The summed E-state index contributed by atoms with van der Waals surface area (Å²) in [6.07, 6.45) is 0.928. The Morgan fingerprint density at radius 2 is 1.88 bits per heavy atom. The van der Waals surface area contributed by atoms with Crippen LogP contribution in [0.5, 0.6) is 0 Å². The number of carbonyl (C=O) groups excluding carboxylic acids is 1. The van der Waals surface area contributed by atoms with Crippen LogP contribution in [0.25, 0.3) is 11.3 Å². The topological polar surface area (TPSA) is 41.4 Å². The Labute approximate surface area is 144 Å². The van der Waals surface area contributed by atoms with Crippen molar-refractivity contribution in [2.24, 2.45) is 7.05 Å². The summed E-state index contributed by atoms with van der Waals surface area (Å²) in [6.45, 7) is 6.40. The fourth-order valence-electron chi connectivity index (χ4n) is 3.06. The molecule has 0 spiro atoms. The van der Waals surface area contributed by atoms with Crippen LogP contribution in [0.2, 0.25) is 0 Å². The van der Waals surface area contributed by atoms with Crippen molar-refractivity contribution in [2.45, 2.75) is 39.8 Å². The predicted molar refractivity (Wildman–Crippen MR) is 98.9 cm³/mol. The second-order valence-electron chi connectivity index (χ2n) is 6.44. The largest absolute Gasteiger partial charge is 0.363 e. The van der Waals surface area contributed by atoms with Crippen LogP contribution in [0.15, 0.2) is 30.3 Å². The first-order valence-corrected chi connectivity index (χ1v) is 8.42. The molecule has 1 atom stereocenters. The lowest BCUT2D eigenvalue weighted by Gasteiger charge is -2.28. The highest BCUT2D eigenvalue weighted by molar-refractivity contribution is 5.75. The molecule has 1 heterocycles. The summed E-state index contributed by atoms with van der Waals surface area (Å²) in [5.41, 5.74) is 3.10. The molecule has 130 valence electrons. The monoisotopic (exact) mass is 328 g/mol. The molecule has 24 heavy (non-hydrogen) atoms. The van der Waals surface area contributed by atoms with E-state index in [0.29, 0.717) is 6.54 Å². The Bertz CT molecular complexity index is 691. The second kappa shape index (κ2) is 7.51. The van der Waals surface area contributed by atoms with E-state index < -0.39 is 0 Å². The predicted octanol–water partition coefficient (Wildman–Crippen LogP) is 3.30. The molecule has 1 amide bonds. The van der Waals surface area contributed by atoms with E-state index in [1.165, 1.54) is 0 Å². The third kappa shape index (κ3) is 3.61. The Morgan fingerprint density at radius 3 is 2.38 bits per heavy atom. The molecule has 5 heteroatoms.